The summed E-state index contributed by atoms with van der Waals surface area (Å²) in [5.41, 5.74) is 7.87. The van der Waals surface area contributed by atoms with E-state index < -0.39 is 0 Å². The van der Waals surface area contributed by atoms with E-state index in [1.54, 1.807) is 18.2 Å². The molecule has 0 saturated carbocycles. The Morgan fingerprint density at radius 3 is 2.14 bits per heavy atom. The zero-order chi connectivity index (χ0) is 25.4. The Balaban J connectivity index is 1.77. The maximum atomic E-state index is 9.90. The predicted molar refractivity (Wildman–Crippen MR) is 149 cm³/mol. The number of rotatable bonds is 3. The van der Waals surface area contributed by atoms with Gasteiger partial charge >= 0.3 is 0 Å². The summed E-state index contributed by atoms with van der Waals surface area (Å²) in [5.74, 6) is 0. The van der Waals surface area contributed by atoms with E-state index in [2.05, 4.69) is 50.7 Å². The molecule has 6 rings (SSSR count). The van der Waals surface area contributed by atoms with Crippen LogP contribution < -0.4 is 0 Å². The molecule has 0 aliphatic carbocycles. The van der Waals surface area contributed by atoms with Crippen molar-refractivity contribution in [3.63, 3.8) is 0 Å². The Bertz CT molecular complexity index is 1930. The molecule has 0 saturated heterocycles. The highest BCUT2D eigenvalue weighted by Crippen LogP contribution is 2.44. The quantitative estimate of drug-likeness (QED) is 0.238. The molecule has 0 aliphatic heterocycles. The molecule has 0 fully saturated rings. The van der Waals surface area contributed by atoms with Crippen molar-refractivity contribution in [1.29, 1.82) is 5.26 Å². The minimum absolute atomic E-state index is 0.453. The molecule has 0 radical (unpaired) electrons. The minimum atomic E-state index is 0.453. The van der Waals surface area contributed by atoms with Crippen LogP contribution in [0.3, 0.4) is 0 Å². The Kier molecular flexibility index (Phi) is 5.24. The lowest BCUT2D eigenvalue weighted by molar-refractivity contribution is 1.18. The van der Waals surface area contributed by atoms with Gasteiger partial charge in [-0.05, 0) is 47.0 Å². The molecule has 0 atom stereocenters. The molecule has 0 N–H and O–H groups in total. The molecule has 0 bridgehead atoms. The number of hydrogen-bond acceptors (Lipinski definition) is 1. The van der Waals surface area contributed by atoms with Gasteiger partial charge in [0.05, 0.1) is 30.2 Å². The summed E-state index contributed by atoms with van der Waals surface area (Å²) in [7, 11) is 0. The fourth-order valence-electron chi connectivity index (χ4n) is 5.12. The van der Waals surface area contributed by atoms with Gasteiger partial charge in [-0.2, -0.15) is 5.26 Å². The van der Waals surface area contributed by atoms with Crippen LogP contribution in [0, 0.1) is 24.5 Å². The fourth-order valence-corrected chi connectivity index (χ4v) is 5.12. The lowest BCUT2D eigenvalue weighted by Crippen LogP contribution is -1.93. The molecule has 4 heteroatoms. The third-order valence-corrected chi connectivity index (χ3v) is 6.69. The molecule has 0 unspecified atom stereocenters. The van der Waals surface area contributed by atoms with E-state index >= 15 is 0 Å². The Morgan fingerprint density at radius 2 is 1.35 bits per heavy atom. The molecule has 170 valence electrons. The summed E-state index contributed by atoms with van der Waals surface area (Å²) in [6.45, 7) is 15.4. The first-order valence-electron chi connectivity index (χ1n) is 11.8. The van der Waals surface area contributed by atoms with Crippen LogP contribution in [-0.2, 0) is 0 Å². The van der Waals surface area contributed by atoms with Crippen LogP contribution >= 0.6 is 0 Å². The van der Waals surface area contributed by atoms with Gasteiger partial charge in [-0.1, -0.05) is 78.9 Å². The first kappa shape index (κ1) is 21.9. The third-order valence-electron chi connectivity index (χ3n) is 6.69. The van der Waals surface area contributed by atoms with E-state index in [0.29, 0.717) is 22.5 Å². The summed E-state index contributed by atoms with van der Waals surface area (Å²) in [6, 6.07) is 37.7. The summed E-state index contributed by atoms with van der Waals surface area (Å²) < 4.78 is 2.21. The summed E-state index contributed by atoms with van der Waals surface area (Å²) in [5, 5.41) is 11.9. The molecule has 6 aromatic rings. The van der Waals surface area contributed by atoms with Crippen LogP contribution in [0.5, 0.6) is 0 Å². The van der Waals surface area contributed by atoms with Crippen LogP contribution in [0.25, 0.3) is 59.4 Å². The topological polar surface area (TPSA) is 37.4 Å². The highest BCUT2D eigenvalue weighted by Gasteiger charge is 2.20. The summed E-state index contributed by atoms with van der Waals surface area (Å²) >= 11 is 0. The highest BCUT2D eigenvalue weighted by atomic mass is 15.0. The molecule has 0 aliphatic rings. The van der Waals surface area contributed by atoms with Gasteiger partial charge in [0.25, 0.3) is 0 Å². The molecule has 0 spiro atoms. The third kappa shape index (κ3) is 3.43. The number of aromatic nitrogens is 1. The van der Waals surface area contributed by atoms with Crippen molar-refractivity contribution < 1.29 is 0 Å². The number of para-hydroxylation sites is 2. The Morgan fingerprint density at radius 1 is 0.649 bits per heavy atom. The smallest absolute Gasteiger partial charge is 0.196 e. The van der Waals surface area contributed by atoms with Crippen molar-refractivity contribution in [1.82, 2.24) is 4.57 Å². The number of fused-ring (bicyclic) bond motifs is 3. The first-order valence-corrected chi connectivity index (χ1v) is 11.8. The Labute approximate surface area is 214 Å². The number of benzene rings is 5. The van der Waals surface area contributed by atoms with Gasteiger partial charge in [-0.3, -0.25) is 0 Å². The normalized spacial score (nSPS) is 10.6. The van der Waals surface area contributed by atoms with E-state index in [1.807, 2.05) is 60.7 Å². The lowest BCUT2D eigenvalue weighted by Gasteiger charge is -2.11. The molecular weight excluding hydrogens is 452 g/mol. The number of nitriles is 1. The molecule has 37 heavy (non-hydrogen) atoms. The maximum Gasteiger partial charge on any atom is 0.196 e. The highest BCUT2D eigenvalue weighted by molar-refractivity contribution is 6.17. The van der Waals surface area contributed by atoms with Gasteiger partial charge in [-0.25, -0.2) is 9.69 Å². The SMILES string of the molecule is [C-]#[N+]c1ccccc1-c1ccc2c3c(-c4c(C#N)cccc4[N+]#[C-])cccc3n(-c3ccccc3)c2c1. The molecule has 1 aromatic heterocycles. The van der Waals surface area contributed by atoms with Gasteiger partial charge in [0.2, 0.25) is 0 Å². The largest absolute Gasteiger partial charge is 0.309 e. The van der Waals surface area contributed by atoms with E-state index in [4.69, 9.17) is 13.1 Å². The van der Waals surface area contributed by atoms with Crippen LogP contribution in [0.4, 0.5) is 11.4 Å². The minimum Gasteiger partial charge on any atom is -0.309 e. The average Bonchev–Trinajstić information content (AvgIpc) is 3.31. The van der Waals surface area contributed by atoms with E-state index in [-0.39, 0.29) is 0 Å². The molecule has 0 amide bonds. The van der Waals surface area contributed by atoms with E-state index in [9.17, 15) is 5.26 Å². The predicted octanol–water partition coefficient (Wildman–Crippen LogP) is 9.09. The van der Waals surface area contributed by atoms with Crippen molar-refractivity contribution in [2.45, 2.75) is 0 Å². The second kappa shape index (κ2) is 8.86. The van der Waals surface area contributed by atoms with Gasteiger partial charge in [0.1, 0.15) is 0 Å². The lowest BCUT2D eigenvalue weighted by atomic mass is 9.94. The zero-order valence-corrected chi connectivity index (χ0v) is 19.7. The van der Waals surface area contributed by atoms with Crippen LogP contribution in [-0.4, -0.2) is 4.57 Å². The van der Waals surface area contributed by atoms with E-state index in [1.165, 1.54) is 0 Å². The molecule has 4 nitrogen and oxygen atoms in total. The summed E-state index contributed by atoms with van der Waals surface area (Å²) in [6.07, 6.45) is 0. The Hall–Kier alpha value is -5.63. The van der Waals surface area contributed by atoms with Gasteiger partial charge in [0.15, 0.2) is 11.4 Å². The van der Waals surface area contributed by atoms with Gasteiger partial charge in [0, 0.05) is 27.6 Å². The van der Waals surface area contributed by atoms with Gasteiger partial charge in [-0.15, -0.1) is 0 Å². The van der Waals surface area contributed by atoms with E-state index in [0.717, 1.165) is 44.2 Å². The molecule has 1 heterocycles. The first-order chi connectivity index (χ1) is 18.2. The van der Waals surface area contributed by atoms with Crippen molar-refractivity contribution in [3.8, 4) is 34.0 Å². The maximum absolute atomic E-state index is 9.90. The second-order valence-corrected chi connectivity index (χ2v) is 8.65. The van der Waals surface area contributed by atoms with Crippen molar-refractivity contribution >= 4 is 33.2 Å². The average molecular weight is 471 g/mol. The number of hydrogen-bond donors (Lipinski definition) is 0. The summed E-state index contributed by atoms with van der Waals surface area (Å²) in [4.78, 5) is 7.47. The zero-order valence-electron chi connectivity index (χ0n) is 19.7. The monoisotopic (exact) mass is 470 g/mol. The van der Waals surface area contributed by atoms with Crippen molar-refractivity contribution in [3.05, 3.63) is 138 Å². The van der Waals surface area contributed by atoms with Crippen molar-refractivity contribution in [2.24, 2.45) is 0 Å². The van der Waals surface area contributed by atoms with Crippen LogP contribution in [0.15, 0.2) is 109 Å². The van der Waals surface area contributed by atoms with Crippen molar-refractivity contribution in [2.75, 3.05) is 0 Å². The standard InChI is InChI=1S/C33H18N4/c1-35-28-15-7-6-13-25(28)22-18-19-26-31(20-22)37(24-11-4-3-5-12-24)30-17-9-14-27(33(26)30)32-23(21-34)10-8-16-29(32)36-2/h3-20H. The van der Waals surface area contributed by atoms with Gasteiger partial charge < -0.3 is 4.57 Å². The van der Waals surface area contributed by atoms with Crippen LogP contribution in [0.2, 0.25) is 0 Å². The second-order valence-electron chi connectivity index (χ2n) is 8.65. The number of nitrogens with zero attached hydrogens (tertiary/aromatic N) is 4. The molecule has 5 aromatic carbocycles. The fraction of sp³-hybridized carbons (Fsp3) is 0. The van der Waals surface area contributed by atoms with Crippen LogP contribution in [0.1, 0.15) is 5.56 Å². The molecular formula is C33H18N4.